The van der Waals surface area contributed by atoms with E-state index in [-0.39, 0.29) is 18.3 Å². The third kappa shape index (κ3) is 4.05. The maximum absolute atomic E-state index is 11.6. The summed E-state index contributed by atoms with van der Waals surface area (Å²) in [6.45, 7) is 6.26. The molecule has 0 spiro atoms. The fraction of sp³-hybridized carbons (Fsp3) is 0.900. The molecule has 1 amide bonds. The van der Waals surface area contributed by atoms with Gasteiger partial charge in [0.2, 0.25) is 0 Å². The van der Waals surface area contributed by atoms with Gasteiger partial charge in [0, 0.05) is 13.1 Å². The van der Waals surface area contributed by atoms with Crippen molar-refractivity contribution in [1.82, 2.24) is 10.2 Å². The zero-order valence-electron chi connectivity index (χ0n) is 9.66. The molecule has 0 aromatic rings. The molecule has 0 aliphatic carbocycles. The van der Waals surface area contributed by atoms with E-state index in [0.29, 0.717) is 19.7 Å². The number of carbonyl (C=O) groups excluding carboxylic acids is 1. The summed E-state index contributed by atoms with van der Waals surface area (Å²) < 4.78 is 10.6. The van der Waals surface area contributed by atoms with Crippen molar-refractivity contribution in [3.05, 3.63) is 0 Å². The average Bonchev–Trinajstić information content (AvgIpc) is 2.17. The molecule has 1 aliphatic heterocycles. The Balaban J connectivity index is 2.38. The van der Waals surface area contributed by atoms with Crippen molar-refractivity contribution in [2.75, 3.05) is 33.3 Å². The summed E-state index contributed by atoms with van der Waals surface area (Å²) in [7, 11) is 1.87. The molecule has 0 bridgehead atoms. The van der Waals surface area contributed by atoms with E-state index in [1.54, 1.807) is 4.90 Å². The Bertz CT molecular complexity index is 207. The van der Waals surface area contributed by atoms with Crippen LogP contribution in [0.25, 0.3) is 0 Å². The summed E-state index contributed by atoms with van der Waals surface area (Å²) in [6.07, 6.45) is -0.235. The maximum atomic E-state index is 11.6. The Hall–Kier alpha value is -0.810. The van der Waals surface area contributed by atoms with Gasteiger partial charge >= 0.3 is 6.09 Å². The molecular weight excluding hydrogens is 196 g/mol. The van der Waals surface area contributed by atoms with Crippen LogP contribution in [0.15, 0.2) is 0 Å². The van der Waals surface area contributed by atoms with Crippen LogP contribution in [0, 0.1) is 0 Å². The minimum atomic E-state index is -0.241. The average molecular weight is 216 g/mol. The maximum Gasteiger partial charge on any atom is 0.410 e. The van der Waals surface area contributed by atoms with Crippen LogP contribution >= 0.6 is 0 Å². The van der Waals surface area contributed by atoms with Crippen molar-refractivity contribution < 1.29 is 14.3 Å². The zero-order chi connectivity index (χ0) is 11.3. The first-order valence-corrected chi connectivity index (χ1v) is 5.35. The largest absolute Gasteiger partial charge is 0.447 e. The van der Waals surface area contributed by atoms with Crippen molar-refractivity contribution in [3.8, 4) is 0 Å². The predicted octanol–water partition coefficient (Wildman–Crippen LogP) is 0.452. The highest BCUT2D eigenvalue weighted by Gasteiger charge is 2.25. The number of likely N-dealkylation sites (N-methyl/N-ethyl adjacent to an activating group) is 1. The van der Waals surface area contributed by atoms with Gasteiger partial charge in [0.05, 0.1) is 25.4 Å². The molecule has 1 aliphatic rings. The van der Waals surface area contributed by atoms with Gasteiger partial charge in [-0.3, -0.25) is 0 Å². The standard InChI is InChI=1S/C10H20N2O3/c1-8(2)15-10(13)12-4-5-14-9(7-12)6-11-3/h8-9,11H,4-7H2,1-3H3. The fourth-order valence-corrected chi connectivity index (χ4v) is 1.51. The normalized spacial score (nSPS) is 21.9. The molecule has 88 valence electrons. The molecule has 1 fully saturated rings. The van der Waals surface area contributed by atoms with Crippen molar-refractivity contribution in [3.63, 3.8) is 0 Å². The third-order valence-electron chi connectivity index (χ3n) is 2.17. The van der Waals surface area contributed by atoms with Crippen molar-refractivity contribution in [2.45, 2.75) is 26.1 Å². The smallest absolute Gasteiger partial charge is 0.410 e. The highest BCUT2D eigenvalue weighted by Crippen LogP contribution is 2.07. The summed E-state index contributed by atoms with van der Waals surface area (Å²) in [5, 5.41) is 3.03. The number of carbonyl (C=O) groups is 1. The quantitative estimate of drug-likeness (QED) is 0.744. The summed E-state index contributed by atoms with van der Waals surface area (Å²) in [5.74, 6) is 0. The van der Waals surface area contributed by atoms with E-state index >= 15 is 0 Å². The van der Waals surface area contributed by atoms with E-state index in [1.165, 1.54) is 0 Å². The van der Waals surface area contributed by atoms with Gasteiger partial charge in [-0.1, -0.05) is 0 Å². The number of rotatable bonds is 3. The molecular formula is C10H20N2O3. The van der Waals surface area contributed by atoms with Crippen LogP contribution in [-0.2, 0) is 9.47 Å². The number of amides is 1. The monoisotopic (exact) mass is 216 g/mol. The lowest BCUT2D eigenvalue weighted by atomic mass is 10.3. The molecule has 15 heavy (non-hydrogen) atoms. The first-order chi connectivity index (χ1) is 7.13. The number of ether oxygens (including phenoxy) is 2. The lowest BCUT2D eigenvalue weighted by molar-refractivity contribution is -0.0292. The summed E-state index contributed by atoms with van der Waals surface area (Å²) in [6, 6.07) is 0. The van der Waals surface area contributed by atoms with Gasteiger partial charge in [0.1, 0.15) is 0 Å². The van der Waals surface area contributed by atoms with Gasteiger partial charge in [-0.05, 0) is 20.9 Å². The first-order valence-electron chi connectivity index (χ1n) is 5.35. The molecule has 1 rings (SSSR count). The molecule has 0 saturated carbocycles. The van der Waals surface area contributed by atoms with Crippen LogP contribution in [0.5, 0.6) is 0 Å². The number of morpholine rings is 1. The minimum Gasteiger partial charge on any atom is -0.447 e. The Labute approximate surface area is 90.7 Å². The molecule has 1 N–H and O–H groups in total. The fourth-order valence-electron chi connectivity index (χ4n) is 1.51. The second-order valence-electron chi connectivity index (χ2n) is 3.93. The molecule has 5 heteroatoms. The third-order valence-corrected chi connectivity index (χ3v) is 2.17. The van der Waals surface area contributed by atoms with Crippen LogP contribution in [0.3, 0.4) is 0 Å². The molecule has 0 radical (unpaired) electrons. The highest BCUT2D eigenvalue weighted by atomic mass is 16.6. The molecule has 1 atom stereocenters. The van der Waals surface area contributed by atoms with Crippen LogP contribution in [0.1, 0.15) is 13.8 Å². The Kier molecular flexibility index (Phi) is 4.84. The topological polar surface area (TPSA) is 50.8 Å². The Morgan fingerprint density at radius 1 is 1.67 bits per heavy atom. The van der Waals surface area contributed by atoms with Gasteiger partial charge in [0.25, 0.3) is 0 Å². The molecule has 1 heterocycles. The van der Waals surface area contributed by atoms with Crippen LogP contribution in [-0.4, -0.2) is 56.5 Å². The Morgan fingerprint density at radius 3 is 3.00 bits per heavy atom. The van der Waals surface area contributed by atoms with Crippen LogP contribution in [0.4, 0.5) is 4.79 Å². The number of nitrogens with one attached hydrogen (secondary N) is 1. The number of nitrogens with zero attached hydrogens (tertiary/aromatic N) is 1. The van der Waals surface area contributed by atoms with Gasteiger partial charge in [-0.2, -0.15) is 0 Å². The predicted molar refractivity (Wildman–Crippen MR) is 56.9 cm³/mol. The second-order valence-corrected chi connectivity index (χ2v) is 3.93. The van der Waals surface area contributed by atoms with Crippen LogP contribution in [0.2, 0.25) is 0 Å². The van der Waals surface area contributed by atoms with Gasteiger partial charge in [0.15, 0.2) is 0 Å². The van der Waals surface area contributed by atoms with E-state index in [4.69, 9.17) is 9.47 Å². The lowest BCUT2D eigenvalue weighted by Crippen LogP contribution is -2.49. The molecule has 1 unspecified atom stereocenters. The first kappa shape index (κ1) is 12.3. The van der Waals surface area contributed by atoms with E-state index in [9.17, 15) is 4.79 Å². The van der Waals surface area contributed by atoms with Crippen LogP contribution < -0.4 is 5.32 Å². The number of hydrogen-bond donors (Lipinski definition) is 1. The SMILES string of the molecule is CNCC1CN(C(=O)OC(C)C)CCO1. The van der Waals surface area contributed by atoms with Crippen molar-refractivity contribution in [1.29, 1.82) is 0 Å². The van der Waals surface area contributed by atoms with Gasteiger partial charge < -0.3 is 19.7 Å². The zero-order valence-corrected chi connectivity index (χ0v) is 9.66. The van der Waals surface area contributed by atoms with Gasteiger partial charge in [-0.25, -0.2) is 4.79 Å². The minimum absolute atomic E-state index is 0.0666. The molecule has 0 aromatic heterocycles. The van der Waals surface area contributed by atoms with E-state index in [1.807, 2.05) is 20.9 Å². The van der Waals surface area contributed by atoms with Gasteiger partial charge in [-0.15, -0.1) is 0 Å². The molecule has 5 nitrogen and oxygen atoms in total. The van der Waals surface area contributed by atoms with E-state index < -0.39 is 0 Å². The summed E-state index contributed by atoms with van der Waals surface area (Å²) in [5.41, 5.74) is 0. The lowest BCUT2D eigenvalue weighted by Gasteiger charge is -2.32. The summed E-state index contributed by atoms with van der Waals surface area (Å²) in [4.78, 5) is 13.3. The summed E-state index contributed by atoms with van der Waals surface area (Å²) >= 11 is 0. The number of hydrogen-bond acceptors (Lipinski definition) is 4. The highest BCUT2D eigenvalue weighted by molar-refractivity contribution is 5.67. The Morgan fingerprint density at radius 2 is 2.40 bits per heavy atom. The van der Waals surface area contributed by atoms with E-state index in [2.05, 4.69) is 5.32 Å². The molecule has 1 saturated heterocycles. The van der Waals surface area contributed by atoms with E-state index in [0.717, 1.165) is 6.54 Å². The van der Waals surface area contributed by atoms with Crippen molar-refractivity contribution >= 4 is 6.09 Å². The molecule has 0 aromatic carbocycles. The van der Waals surface area contributed by atoms with Crippen molar-refractivity contribution in [2.24, 2.45) is 0 Å². The second kappa shape index (κ2) is 5.92.